The predicted octanol–water partition coefficient (Wildman–Crippen LogP) is 1.45. The molecule has 1 saturated heterocycles. The highest BCUT2D eigenvalue weighted by Gasteiger charge is 2.34. The molecule has 1 aliphatic rings. The topological polar surface area (TPSA) is 117 Å². The molecule has 0 bridgehead atoms. The summed E-state index contributed by atoms with van der Waals surface area (Å²) in [5.41, 5.74) is 0.253. The van der Waals surface area contributed by atoms with E-state index in [2.05, 4.69) is 4.72 Å². The third kappa shape index (κ3) is 3.78. The first kappa shape index (κ1) is 18.2. The summed E-state index contributed by atoms with van der Waals surface area (Å²) in [4.78, 5) is 25.0. The maximum Gasteiger partial charge on any atom is 0.326 e. The molecule has 9 heteroatoms. The number of carbonyl (C=O) groups excluding carboxylic acids is 1. The number of likely N-dealkylation sites (tertiary alicyclic amines) is 1. The zero-order chi connectivity index (χ0) is 18.7. The molecule has 26 heavy (non-hydrogen) atoms. The van der Waals surface area contributed by atoms with Crippen LogP contribution in [0.3, 0.4) is 0 Å². The Balaban J connectivity index is 1.71. The number of aliphatic carboxylic acids is 1. The van der Waals surface area contributed by atoms with Gasteiger partial charge >= 0.3 is 5.97 Å². The van der Waals surface area contributed by atoms with Gasteiger partial charge in [-0.3, -0.25) is 4.79 Å². The first-order valence-electron chi connectivity index (χ1n) is 8.04. The van der Waals surface area contributed by atoms with Gasteiger partial charge in [-0.25, -0.2) is 17.9 Å². The van der Waals surface area contributed by atoms with Gasteiger partial charge in [0.1, 0.15) is 11.8 Å². The number of sulfonamides is 1. The molecule has 0 aliphatic carbocycles. The summed E-state index contributed by atoms with van der Waals surface area (Å²) in [6, 6.07) is 7.90. The van der Waals surface area contributed by atoms with Crippen LogP contribution in [-0.4, -0.2) is 42.9 Å². The lowest BCUT2D eigenvalue weighted by Gasteiger charge is -2.21. The summed E-state index contributed by atoms with van der Waals surface area (Å²) in [5, 5.41) is 9.18. The zero-order valence-electron chi connectivity index (χ0n) is 13.8. The molecule has 0 unspecified atom stereocenters. The molecule has 0 saturated carbocycles. The zero-order valence-corrected chi connectivity index (χ0v) is 14.6. The molecule has 3 rings (SSSR count). The van der Waals surface area contributed by atoms with Gasteiger partial charge in [0.2, 0.25) is 10.0 Å². The van der Waals surface area contributed by atoms with Gasteiger partial charge in [0.25, 0.3) is 5.91 Å². The van der Waals surface area contributed by atoms with E-state index in [0.29, 0.717) is 25.1 Å². The fraction of sp³-hybridized carbons (Fsp3) is 0.294. The summed E-state index contributed by atoms with van der Waals surface area (Å²) in [7, 11) is -3.75. The van der Waals surface area contributed by atoms with Crippen LogP contribution in [0.5, 0.6) is 0 Å². The second-order valence-electron chi connectivity index (χ2n) is 5.92. The monoisotopic (exact) mass is 378 g/mol. The minimum Gasteiger partial charge on any atom is -0.480 e. The summed E-state index contributed by atoms with van der Waals surface area (Å²) < 4.78 is 32.0. The van der Waals surface area contributed by atoms with Crippen molar-refractivity contribution >= 4 is 21.9 Å². The van der Waals surface area contributed by atoms with Crippen molar-refractivity contribution in [2.45, 2.75) is 30.3 Å². The van der Waals surface area contributed by atoms with Gasteiger partial charge in [-0.2, -0.15) is 0 Å². The summed E-state index contributed by atoms with van der Waals surface area (Å²) in [6.45, 7) is 0.393. The second kappa shape index (κ2) is 7.30. The van der Waals surface area contributed by atoms with Crippen LogP contribution in [0, 0.1) is 0 Å². The fourth-order valence-corrected chi connectivity index (χ4v) is 3.86. The Morgan fingerprint density at radius 2 is 1.96 bits per heavy atom. The van der Waals surface area contributed by atoms with Crippen molar-refractivity contribution in [1.82, 2.24) is 9.62 Å². The van der Waals surface area contributed by atoms with E-state index < -0.39 is 27.9 Å². The Morgan fingerprint density at radius 3 is 2.58 bits per heavy atom. The van der Waals surface area contributed by atoms with Crippen molar-refractivity contribution < 1.29 is 27.5 Å². The molecule has 1 aliphatic heterocycles. The summed E-state index contributed by atoms with van der Waals surface area (Å²) in [5.74, 6) is -0.964. The first-order chi connectivity index (χ1) is 12.4. The van der Waals surface area contributed by atoms with Crippen LogP contribution in [0.15, 0.2) is 52.0 Å². The Bertz CT molecular complexity index is 890. The highest BCUT2D eigenvalue weighted by Crippen LogP contribution is 2.21. The minimum atomic E-state index is -3.75. The number of nitrogens with one attached hydrogen (secondary N) is 1. The molecule has 2 N–H and O–H groups in total. The normalized spacial score (nSPS) is 17.4. The van der Waals surface area contributed by atoms with Gasteiger partial charge in [0, 0.05) is 12.1 Å². The van der Waals surface area contributed by atoms with Crippen LogP contribution in [0.25, 0.3) is 0 Å². The highest BCUT2D eigenvalue weighted by molar-refractivity contribution is 7.89. The average molecular weight is 378 g/mol. The van der Waals surface area contributed by atoms with Crippen molar-refractivity contribution in [3.8, 4) is 0 Å². The van der Waals surface area contributed by atoms with E-state index in [1.807, 2.05) is 0 Å². The number of carbonyl (C=O) groups is 2. The summed E-state index contributed by atoms with van der Waals surface area (Å²) >= 11 is 0. The number of hydrogen-bond donors (Lipinski definition) is 2. The Labute approximate surface area is 150 Å². The predicted molar refractivity (Wildman–Crippen MR) is 90.9 cm³/mol. The Kier molecular flexibility index (Phi) is 5.10. The fourth-order valence-electron chi connectivity index (χ4n) is 2.87. The van der Waals surface area contributed by atoms with Crippen molar-refractivity contribution in [3.63, 3.8) is 0 Å². The smallest absolute Gasteiger partial charge is 0.326 e. The lowest BCUT2D eigenvalue weighted by Crippen LogP contribution is -2.40. The SMILES string of the molecule is O=C(O)[C@@H]1CCCN1C(=O)c1ccc(S(=O)(=O)NCc2ccco2)cc1. The Hall–Kier alpha value is -2.65. The molecular weight excluding hydrogens is 360 g/mol. The number of nitrogens with zero attached hydrogens (tertiary/aromatic N) is 1. The lowest BCUT2D eigenvalue weighted by molar-refractivity contribution is -0.141. The minimum absolute atomic E-state index is 0.0109. The van der Waals surface area contributed by atoms with Crippen LogP contribution in [-0.2, 0) is 21.4 Å². The number of hydrogen-bond acceptors (Lipinski definition) is 5. The molecule has 2 heterocycles. The largest absolute Gasteiger partial charge is 0.480 e. The molecule has 1 fully saturated rings. The average Bonchev–Trinajstić information content (AvgIpc) is 3.31. The van der Waals surface area contributed by atoms with Crippen LogP contribution in [0.4, 0.5) is 0 Å². The molecule has 1 aromatic carbocycles. The quantitative estimate of drug-likeness (QED) is 0.786. The standard InChI is InChI=1S/C17H18N2O6S/c20-16(19-9-1-4-15(19)17(21)22)12-5-7-14(8-6-12)26(23,24)18-11-13-3-2-10-25-13/h2-3,5-8,10,15,18H,1,4,9,11H2,(H,21,22)/t15-/m0/s1. The van der Waals surface area contributed by atoms with Gasteiger partial charge in [-0.1, -0.05) is 0 Å². The number of furan rings is 1. The number of carboxylic acid groups (broad SMARTS) is 1. The van der Waals surface area contributed by atoms with E-state index in [1.165, 1.54) is 35.4 Å². The van der Waals surface area contributed by atoms with Crippen molar-refractivity contribution in [2.24, 2.45) is 0 Å². The van der Waals surface area contributed by atoms with Gasteiger partial charge in [0.15, 0.2) is 0 Å². The van der Waals surface area contributed by atoms with E-state index in [4.69, 9.17) is 4.42 Å². The molecule has 2 aromatic rings. The first-order valence-corrected chi connectivity index (χ1v) is 9.53. The van der Waals surface area contributed by atoms with E-state index in [9.17, 15) is 23.1 Å². The molecule has 138 valence electrons. The lowest BCUT2D eigenvalue weighted by atomic mass is 10.1. The van der Waals surface area contributed by atoms with Crippen molar-refractivity contribution in [2.75, 3.05) is 6.54 Å². The second-order valence-corrected chi connectivity index (χ2v) is 7.69. The van der Waals surface area contributed by atoms with E-state index >= 15 is 0 Å². The molecule has 1 atom stereocenters. The molecule has 8 nitrogen and oxygen atoms in total. The maximum absolute atomic E-state index is 12.5. The number of rotatable bonds is 6. The van der Waals surface area contributed by atoms with E-state index in [0.717, 1.165) is 0 Å². The number of benzene rings is 1. The third-order valence-corrected chi connectivity index (χ3v) is 5.64. The van der Waals surface area contributed by atoms with Crippen LogP contribution in [0.1, 0.15) is 29.0 Å². The molecule has 0 radical (unpaired) electrons. The van der Waals surface area contributed by atoms with E-state index in [1.54, 1.807) is 12.1 Å². The van der Waals surface area contributed by atoms with Gasteiger partial charge < -0.3 is 14.4 Å². The van der Waals surface area contributed by atoms with Crippen LogP contribution >= 0.6 is 0 Å². The number of amides is 1. The molecular formula is C17H18N2O6S. The van der Waals surface area contributed by atoms with Crippen molar-refractivity contribution in [3.05, 3.63) is 54.0 Å². The third-order valence-electron chi connectivity index (χ3n) is 4.23. The van der Waals surface area contributed by atoms with Gasteiger partial charge in [-0.15, -0.1) is 0 Å². The van der Waals surface area contributed by atoms with Gasteiger partial charge in [0.05, 0.1) is 17.7 Å². The summed E-state index contributed by atoms with van der Waals surface area (Å²) in [6.07, 6.45) is 2.50. The number of carboxylic acids is 1. The highest BCUT2D eigenvalue weighted by atomic mass is 32.2. The molecule has 1 amide bonds. The Morgan fingerprint density at radius 1 is 1.23 bits per heavy atom. The molecule has 1 aromatic heterocycles. The van der Waals surface area contributed by atoms with E-state index in [-0.39, 0.29) is 17.0 Å². The maximum atomic E-state index is 12.5. The van der Waals surface area contributed by atoms with Gasteiger partial charge in [-0.05, 0) is 49.2 Å². The molecule has 0 spiro atoms. The van der Waals surface area contributed by atoms with Crippen LogP contribution in [0.2, 0.25) is 0 Å². The van der Waals surface area contributed by atoms with Crippen molar-refractivity contribution in [1.29, 1.82) is 0 Å². The van der Waals surface area contributed by atoms with Crippen LogP contribution < -0.4 is 4.72 Å².